The summed E-state index contributed by atoms with van der Waals surface area (Å²) in [5.41, 5.74) is 10.2. The van der Waals surface area contributed by atoms with E-state index in [2.05, 4.69) is 9.97 Å². The zero-order chi connectivity index (χ0) is 18.1. The Bertz CT molecular complexity index is 1150. The second-order valence-corrected chi connectivity index (χ2v) is 6.00. The minimum Gasteiger partial charge on any atom is -0.399 e. The number of nitrogens with zero attached hydrogens (tertiary/aromatic N) is 4. The first-order chi connectivity index (χ1) is 12.6. The molecule has 128 valence electrons. The highest BCUT2D eigenvalue weighted by Gasteiger charge is 2.11. The van der Waals surface area contributed by atoms with Crippen molar-refractivity contribution in [3.8, 4) is 5.69 Å². The van der Waals surface area contributed by atoms with Crippen molar-refractivity contribution >= 4 is 23.5 Å². The third kappa shape index (κ3) is 2.88. The van der Waals surface area contributed by atoms with Gasteiger partial charge in [0, 0.05) is 35.9 Å². The molecule has 0 saturated heterocycles. The van der Waals surface area contributed by atoms with Gasteiger partial charge in [0.25, 0.3) is 5.56 Å². The van der Waals surface area contributed by atoms with Crippen molar-refractivity contribution < 1.29 is 0 Å². The van der Waals surface area contributed by atoms with Crippen LogP contribution in [0.2, 0.25) is 0 Å². The van der Waals surface area contributed by atoms with E-state index in [1.54, 1.807) is 16.9 Å². The number of pyridine rings is 1. The van der Waals surface area contributed by atoms with E-state index in [1.165, 1.54) is 6.07 Å². The average Bonchev–Trinajstić information content (AvgIpc) is 2.98. The number of anilines is 1. The molecule has 0 atom stereocenters. The van der Waals surface area contributed by atoms with Crippen molar-refractivity contribution in [1.82, 2.24) is 19.2 Å². The molecule has 0 fully saturated rings. The molecule has 26 heavy (non-hydrogen) atoms. The van der Waals surface area contributed by atoms with Crippen LogP contribution in [0.25, 0.3) is 23.5 Å². The normalized spacial score (nSPS) is 11.4. The largest absolute Gasteiger partial charge is 0.399 e. The van der Waals surface area contributed by atoms with Gasteiger partial charge in [0.15, 0.2) is 5.65 Å². The smallest absolute Gasteiger partial charge is 0.273 e. The molecule has 0 spiro atoms. The second kappa shape index (κ2) is 6.33. The summed E-state index contributed by atoms with van der Waals surface area (Å²) in [6.45, 7) is 1.94. The van der Waals surface area contributed by atoms with Gasteiger partial charge in [-0.25, -0.2) is 9.67 Å². The highest BCUT2D eigenvalue weighted by Crippen LogP contribution is 2.16. The van der Waals surface area contributed by atoms with Crippen LogP contribution >= 0.6 is 0 Å². The Morgan fingerprint density at radius 2 is 1.88 bits per heavy atom. The van der Waals surface area contributed by atoms with E-state index in [1.807, 2.05) is 66.2 Å². The van der Waals surface area contributed by atoms with Gasteiger partial charge < -0.3 is 5.73 Å². The predicted molar refractivity (Wildman–Crippen MR) is 103 cm³/mol. The molecule has 0 radical (unpaired) electrons. The molecule has 3 heterocycles. The highest BCUT2D eigenvalue weighted by molar-refractivity contribution is 5.68. The van der Waals surface area contributed by atoms with Gasteiger partial charge in [-0.1, -0.05) is 12.1 Å². The number of hydrogen-bond donors (Lipinski definition) is 1. The van der Waals surface area contributed by atoms with Crippen LogP contribution in [-0.4, -0.2) is 19.2 Å². The molecule has 0 aliphatic carbocycles. The standard InChI is InChI=1S/C20H17N5O/c1-14-11-19-23-17(7-4-15-3-2-10-22-13-15)12-20(26)25(19)24(14)18-8-5-16(21)6-9-18/h2-13H,21H2,1H3. The SMILES string of the molecule is Cc1cc2nc(C=Cc3cccnc3)cc(=O)n2n1-c1ccc(N)cc1. The lowest BCUT2D eigenvalue weighted by Gasteiger charge is -2.09. The Balaban J connectivity index is 1.81. The molecular formula is C20H17N5O. The van der Waals surface area contributed by atoms with Gasteiger partial charge in [-0.15, -0.1) is 0 Å². The van der Waals surface area contributed by atoms with Crippen LogP contribution in [0, 0.1) is 6.92 Å². The van der Waals surface area contributed by atoms with Crippen molar-refractivity contribution in [3.63, 3.8) is 0 Å². The molecule has 0 amide bonds. The van der Waals surface area contributed by atoms with Gasteiger partial charge in [0.2, 0.25) is 0 Å². The zero-order valence-electron chi connectivity index (χ0n) is 14.2. The fourth-order valence-corrected chi connectivity index (χ4v) is 2.89. The molecule has 4 rings (SSSR count). The summed E-state index contributed by atoms with van der Waals surface area (Å²) >= 11 is 0. The summed E-state index contributed by atoms with van der Waals surface area (Å²) in [6, 6.07) is 14.6. The number of hydrogen-bond acceptors (Lipinski definition) is 4. The third-order valence-corrected chi connectivity index (χ3v) is 4.08. The van der Waals surface area contributed by atoms with Gasteiger partial charge in [-0.3, -0.25) is 9.78 Å². The van der Waals surface area contributed by atoms with Gasteiger partial charge >= 0.3 is 0 Å². The summed E-state index contributed by atoms with van der Waals surface area (Å²) in [7, 11) is 0. The van der Waals surface area contributed by atoms with Crippen LogP contribution in [0.1, 0.15) is 17.0 Å². The summed E-state index contributed by atoms with van der Waals surface area (Å²) in [4.78, 5) is 21.4. The Labute approximate surface area is 149 Å². The van der Waals surface area contributed by atoms with E-state index in [0.29, 0.717) is 17.0 Å². The molecule has 0 saturated carbocycles. The predicted octanol–water partition coefficient (Wildman–Crippen LogP) is 2.94. The number of fused-ring (bicyclic) bond motifs is 1. The highest BCUT2D eigenvalue weighted by atomic mass is 16.1. The minimum absolute atomic E-state index is 0.147. The number of aromatic nitrogens is 4. The van der Waals surface area contributed by atoms with Gasteiger partial charge in [-0.2, -0.15) is 4.52 Å². The second-order valence-electron chi connectivity index (χ2n) is 6.00. The Morgan fingerprint density at radius 3 is 2.62 bits per heavy atom. The molecule has 0 bridgehead atoms. The first kappa shape index (κ1) is 15.8. The molecule has 2 N–H and O–H groups in total. The lowest BCUT2D eigenvalue weighted by atomic mass is 10.2. The molecule has 4 aromatic rings. The Morgan fingerprint density at radius 1 is 1.08 bits per heavy atom. The van der Waals surface area contributed by atoms with Crippen LogP contribution in [0.15, 0.2) is 65.7 Å². The monoisotopic (exact) mass is 343 g/mol. The maximum atomic E-state index is 12.7. The van der Waals surface area contributed by atoms with Crippen molar-refractivity contribution in [1.29, 1.82) is 0 Å². The maximum absolute atomic E-state index is 12.7. The van der Waals surface area contributed by atoms with Gasteiger partial charge in [-0.05, 0) is 48.9 Å². The fraction of sp³-hybridized carbons (Fsp3) is 0.0500. The van der Waals surface area contributed by atoms with Gasteiger partial charge in [0.1, 0.15) is 0 Å². The van der Waals surface area contributed by atoms with E-state index in [0.717, 1.165) is 16.9 Å². The van der Waals surface area contributed by atoms with Crippen molar-refractivity contribution in [3.05, 3.63) is 88.2 Å². The van der Waals surface area contributed by atoms with E-state index >= 15 is 0 Å². The first-order valence-corrected chi connectivity index (χ1v) is 8.18. The molecular weight excluding hydrogens is 326 g/mol. The molecule has 6 nitrogen and oxygen atoms in total. The summed E-state index contributed by atoms with van der Waals surface area (Å²) in [5.74, 6) is 0. The minimum atomic E-state index is -0.147. The number of benzene rings is 1. The Kier molecular flexibility index (Phi) is 3.85. The van der Waals surface area contributed by atoms with Crippen LogP contribution in [-0.2, 0) is 0 Å². The maximum Gasteiger partial charge on any atom is 0.273 e. The van der Waals surface area contributed by atoms with Crippen molar-refractivity contribution in [2.24, 2.45) is 0 Å². The topological polar surface area (TPSA) is 78.2 Å². The van der Waals surface area contributed by atoms with E-state index < -0.39 is 0 Å². The van der Waals surface area contributed by atoms with E-state index in [4.69, 9.17) is 5.73 Å². The van der Waals surface area contributed by atoms with Crippen LogP contribution in [0.5, 0.6) is 0 Å². The summed E-state index contributed by atoms with van der Waals surface area (Å²) in [5, 5.41) is 0. The van der Waals surface area contributed by atoms with Crippen molar-refractivity contribution in [2.45, 2.75) is 6.92 Å². The van der Waals surface area contributed by atoms with Crippen LogP contribution in [0.4, 0.5) is 5.69 Å². The number of aryl methyl sites for hydroxylation is 1. The Hall–Kier alpha value is -3.67. The van der Waals surface area contributed by atoms with Crippen LogP contribution in [0.3, 0.4) is 0 Å². The molecule has 0 unspecified atom stereocenters. The molecule has 6 heteroatoms. The number of rotatable bonds is 3. The quantitative estimate of drug-likeness (QED) is 0.580. The summed E-state index contributed by atoms with van der Waals surface area (Å²) < 4.78 is 3.39. The molecule has 1 aromatic carbocycles. The average molecular weight is 343 g/mol. The van der Waals surface area contributed by atoms with Gasteiger partial charge in [0.05, 0.1) is 11.4 Å². The number of nitrogen functional groups attached to an aromatic ring is 1. The number of nitrogens with two attached hydrogens (primary N) is 1. The van der Waals surface area contributed by atoms with Crippen molar-refractivity contribution in [2.75, 3.05) is 5.73 Å². The first-order valence-electron chi connectivity index (χ1n) is 8.18. The molecule has 0 aliphatic rings. The molecule has 3 aromatic heterocycles. The lowest BCUT2D eigenvalue weighted by molar-refractivity contribution is 0.743. The van der Waals surface area contributed by atoms with Crippen LogP contribution < -0.4 is 11.3 Å². The zero-order valence-corrected chi connectivity index (χ0v) is 14.2. The van der Waals surface area contributed by atoms with E-state index in [9.17, 15) is 4.79 Å². The lowest BCUT2D eigenvalue weighted by Crippen LogP contribution is -2.20. The summed E-state index contributed by atoms with van der Waals surface area (Å²) in [6.07, 6.45) is 7.17. The molecule has 0 aliphatic heterocycles. The third-order valence-electron chi connectivity index (χ3n) is 4.08. The van der Waals surface area contributed by atoms with E-state index in [-0.39, 0.29) is 5.56 Å². The fourth-order valence-electron chi connectivity index (χ4n) is 2.89.